The molecule has 0 bridgehead atoms. The van der Waals surface area contributed by atoms with Gasteiger partial charge in [0.2, 0.25) is 5.91 Å². The second kappa shape index (κ2) is 5.73. The first kappa shape index (κ1) is 15.6. The van der Waals surface area contributed by atoms with Gasteiger partial charge in [0.1, 0.15) is 5.25 Å². The molecule has 7 nitrogen and oxygen atoms in total. The summed E-state index contributed by atoms with van der Waals surface area (Å²) in [4.78, 5) is 25.3. The van der Waals surface area contributed by atoms with Gasteiger partial charge in [0, 0.05) is 24.9 Å². The number of benzene rings is 1. The van der Waals surface area contributed by atoms with Crippen LogP contribution in [-0.2, 0) is 21.6 Å². The topological polar surface area (TPSA) is 89.3 Å². The van der Waals surface area contributed by atoms with Gasteiger partial charge in [-0.25, -0.2) is 4.68 Å². The Kier molecular flexibility index (Phi) is 3.88. The lowest BCUT2D eigenvalue weighted by Gasteiger charge is -2.16. The van der Waals surface area contributed by atoms with Gasteiger partial charge in [-0.05, 0) is 6.07 Å². The maximum Gasteiger partial charge on any atom is 0.307 e. The van der Waals surface area contributed by atoms with Crippen molar-refractivity contribution in [2.24, 2.45) is 0 Å². The summed E-state index contributed by atoms with van der Waals surface area (Å²) in [5.41, 5.74) is -0.288. The fourth-order valence-electron chi connectivity index (χ4n) is 2.64. The number of nitrogens with zero attached hydrogens (tertiary/aromatic N) is 3. The van der Waals surface area contributed by atoms with E-state index in [0.717, 1.165) is 5.39 Å². The molecule has 1 saturated heterocycles. The number of hydrogen-bond donors (Lipinski definition) is 0. The second-order valence-electron chi connectivity index (χ2n) is 5.40. The zero-order valence-corrected chi connectivity index (χ0v) is 12.9. The molecule has 1 aliphatic rings. The Morgan fingerprint density at radius 3 is 2.65 bits per heavy atom. The largest absolute Gasteiger partial charge is 0.339 e. The van der Waals surface area contributed by atoms with Crippen LogP contribution in [-0.4, -0.2) is 47.3 Å². The van der Waals surface area contributed by atoms with Gasteiger partial charge < -0.3 is 4.90 Å². The number of aromatic nitrogens is 2. The minimum absolute atomic E-state index is 0.107. The number of likely N-dealkylation sites (tertiary alicyclic amines) is 1. The Morgan fingerprint density at radius 1 is 1.22 bits per heavy atom. The quantitative estimate of drug-likeness (QED) is 0.747. The number of halogens is 1. The smallest absolute Gasteiger partial charge is 0.307 e. The third-order valence-corrected chi connectivity index (χ3v) is 5.03. The fraction of sp³-hybridized carbons (Fsp3) is 0.357. The van der Waals surface area contributed by atoms with Crippen molar-refractivity contribution in [3.05, 3.63) is 40.8 Å². The molecular formula is C14H14FN3O4S. The highest BCUT2D eigenvalue weighted by Crippen LogP contribution is 2.19. The highest BCUT2D eigenvalue weighted by Gasteiger charge is 2.38. The number of carbonyl (C=O) groups excluding carboxylic acids is 1. The molecule has 3 rings (SSSR count). The summed E-state index contributed by atoms with van der Waals surface area (Å²) in [7, 11) is -4.73. The van der Waals surface area contributed by atoms with E-state index in [1.165, 1.54) is 9.58 Å². The molecule has 9 heteroatoms. The van der Waals surface area contributed by atoms with Gasteiger partial charge in [-0.15, -0.1) is 3.89 Å². The lowest BCUT2D eigenvalue weighted by molar-refractivity contribution is -0.127. The van der Waals surface area contributed by atoms with Crippen LogP contribution in [0.1, 0.15) is 6.42 Å². The maximum absolute atomic E-state index is 13.0. The van der Waals surface area contributed by atoms with Crippen molar-refractivity contribution in [2.75, 3.05) is 13.1 Å². The molecule has 1 aromatic heterocycles. The third kappa shape index (κ3) is 3.09. The molecule has 1 atom stereocenters. The van der Waals surface area contributed by atoms with Crippen molar-refractivity contribution in [2.45, 2.75) is 18.2 Å². The summed E-state index contributed by atoms with van der Waals surface area (Å²) in [6, 6.07) is 7.00. The minimum atomic E-state index is -4.73. The van der Waals surface area contributed by atoms with Gasteiger partial charge in [-0.1, -0.05) is 18.2 Å². The molecule has 1 amide bonds. The summed E-state index contributed by atoms with van der Waals surface area (Å²) in [5.74, 6) is -0.440. The van der Waals surface area contributed by atoms with Crippen LogP contribution in [0.2, 0.25) is 0 Å². The molecule has 0 spiro atoms. The summed E-state index contributed by atoms with van der Waals surface area (Å²) in [6.07, 6.45) is 1.19. The van der Waals surface area contributed by atoms with Crippen LogP contribution in [0.15, 0.2) is 35.3 Å². The first-order valence-corrected chi connectivity index (χ1v) is 8.47. The van der Waals surface area contributed by atoms with E-state index in [0.29, 0.717) is 5.39 Å². The highest BCUT2D eigenvalue weighted by molar-refractivity contribution is 7.87. The van der Waals surface area contributed by atoms with Crippen LogP contribution in [0.3, 0.4) is 0 Å². The van der Waals surface area contributed by atoms with Crippen LogP contribution in [0.5, 0.6) is 0 Å². The Balaban J connectivity index is 1.75. The van der Waals surface area contributed by atoms with Crippen LogP contribution in [0, 0.1) is 0 Å². The zero-order chi connectivity index (χ0) is 16.6. The first-order chi connectivity index (χ1) is 10.9. The lowest BCUT2D eigenvalue weighted by atomic mass is 10.2. The van der Waals surface area contributed by atoms with Gasteiger partial charge in [-0.3, -0.25) is 9.59 Å². The third-order valence-electron chi connectivity index (χ3n) is 3.92. The Labute approximate surface area is 131 Å². The van der Waals surface area contributed by atoms with Gasteiger partial charge in [0.05, 0.1) is 18.1 Å². The molecule has 0 radical (unpaired) electrons. The van der Waals surface area contributed by atoms with Gasteiger partial charge in [0.15, 0.2) is 0 Å². The van der Waals surface area contributed by atoms with E-state index in [1.807, 2.05) is 0 Å². The number of carbonyl (C=O) groups is 1. The van der Waals surface area contributed by atoms with E-state index in [4.69, 9.17) is 0 Å². The number of amides is 1. The zero-order valence-electron chi connectivity index (χ0n) is 12.1. The molecule has 1 fully saturated rings. The normalized spacial score (nSPS) is 18.7. The molecule has 0 saturated carbocycles. The molecule has 23 heavy (non-hydrogen) atoms. The molecule has 1 aliphatic heterocycles. The summed E-state index contributed by atoms with van der Waals surface area (Å²) in [5, 5.41) is 3.94. The van der Waals surface area contributed by atoms with Gasteiger partial charge in [-0.2, -0.15) is 13.5 Å². The van der Waals surface area contributed by atoms with Crippen LogP contribution in [0.4, 0.5) is 3.89 Å². The second-order valence-corrected chi connectivity index (χ2v) is 7.02. The Hall–Kier alpha value is -2.29. The molecular weight excluding hydrogens is 325 g/mol. The van der Waals surface area contributed by atoms with Crippen molar-refractivity contribution in [3.8, 4) is 0 Å². The predicted octanol–water partition coefficient (Wildman–Crippen LogP) is 0.297. The monoisotopic (exact) mass is 339 g/mol. The van der Waals surface area contributed by atoms with Crippen LogP contribution < -0.4 is 5.56 Å². The number of fused-ring (bicyclic) bond motifs is 1. The van der Waals surface area contributed by atoms with E-state index >= 15 is 0 Å². The molecule has 122 valence electrons. The number of hydrogen-bond acceptors (Lipinski definition) is 5. The summed E-state index contributed by atoms with van der Waals surface area (Å²) in [6.45, 7) is 0.0323. The average Bonchev–Trinajstić information content (AvgIpc) is 2.88. The van der Waals surface area contributed by atoms with Gasteiger partial charge >= 0.3 is 10.2 Å². The van der Waals surface area contributed by atoms with E-state index in [-0.39, 0.29) is 31.6 Å². The van der Waals surface area contributed by atoms with Crippen molar-refractivity contribution in [1.82, 2.24) is 14.7 Å². The lowest BCUT2D eigenvalue weighted by Crippen LogP contribution is -2.34. The fourth-order valence-corrected chi connectivity index (χ4v) is 3.34. The van der Waals surface area contributed by atoms with Gasteiger partial charge in [0.25, 0.3) is 5.56 Å². The van der Waals surface area contributed by atoms with E-state index in [2.05, 4.69) is 5.10 Å². The summed E-state index contributed by atoms with van der Waals surface area (Å²) < 4.78 is 36.0. The minimum Gasteiger partial charge on any atom is -0.339 e. The molecule has 0 N–H and O–H groups in total. The first-order valence-electron chi connectivity index (χ1n) is 7.02. The Morgan fingerprint density at radius 2 is 1.96 bits per heavy atom. The highest BCUT2D eigenvalue weighted by atomic mass is 32.3. The molecule has 2 aromatic rings. The van der Waals surface area contributed by atoms with E-state index in [1.54, 1.807) is 30.5 Å². The average molecular weight is 339 g/mol. The van der Waals surface area contributed by atoms with Crippen molar-refractivity contribution >= 4 is 26.9 Å². The van der Waals surface area contributed by atoms with Crippen LogP contribution in [0.25, 0.3) is 10.8 Å². The van der Waals surface area contributed by atoms with E-state index < -0.39 is 21.4 Å². The molecule has 0 aliphatic carbocycles. The molecule has 1 aromatic carbocycles. The standard InChI is InChI=1S/C14H14FN3O4S/c15-23(21,22)11-7-13(19)17(9-11)5-6-18-14(20)12-4-2-1-3-10(12)8-16-18/h1-4,8,11H,5-7,9H2. The van der Waals surface area contributed by atoms with Crippen molar-refractivity contribution in [1.29, 1.82) is 0 Å². The molecule has 1 unspecified atom stereocenters. The van der Waals surface area contributed by atoms with Crippen molar-refractivity contribution < 1.29 is 17.1 Å². The molecule has 2 heterocycles. The summed E-state index contributed by atoms with van der Waals surface area (Å²) >= 11 is 0. The SMILES string of the molecule is O=C1CC(S(=O)(=O)F)CN1CCn1ncc2ccccc2c1=O. The Bertz CT molecular complexity index is 925. The maximum atomic E-state index is 13.0. The predicted molar refractivity (Wildman–Crippen MR) is 81.0 cm³/mol. The van der Waals surface area contributed by atoms with Crippen LogP contribution >= 0.6 is 0 Å². The van der Waals surface area contributed by atoms with Crippen molar-refractivity contribution in [3.63, 3.8) is 0 Å². The number of rotatable bonds is 4. The van der Waals surface area contributed by atoms with E-state index in [9.17, 15) is 21.9 Å².